The first-order chi connectivity index (χ1) is 7.37. The zero-order valence-corrected chi connectivity index (χ0v) is 9.91. The molecule has 0 fully saturated rings. The normalized spacial score (nSPS) is 16.8. The molecule has 0 aromatic rings. The van der Waals surface area contributed by atoms with E-state index in [-0.39, 0.29) is 19.3 Å². The molecule has 0 saturated carbocycles. The molecular weight excluding hydrogens is 233 g/mol. The Labute approximate surface area is 94.3 Å². The average molecular weight is 249 g/mol. The van der Waals surface area contributed by atoms with Crippen LogP contribution in [0.1, 0.15) is 19.3 Å². The molecule has 3 unspecified atom stereocenters. The lowest BCUT2D eigenvalue weighted by molar-refractivity contribution is -0.147. The molecule has 7 heteroatoms. The van der Waals surface area contributed by atoms with E-state index in [0.29, 0.717) is 0 Å². The van der Waals surface area contributed by atoms with Gasteiger partial charge in [-0.05, 0) is 6.42 Å². The lowest BCUT2D eigenvalue weighted by atomic mass is 9.93. The zero-order valence-electron chi connectivity index (χ0n) is 8.76. The van der Waals surface area contributed by atoms with E-state index in [4.69, 9.17) is 10.8 Å². The third-order valence-electron chi connectivity index (χ3n) is 2.26. The highest BCUT2D eigenvalue weighted by Gasteiger charge is 2.39. The summed E-state index contributed by atoms with van der Waals surface area (Å²) in [6, 6.07) is 0. The lowest BCUT2D eigenvalue weighted by Gasteiger charge is -2.27. The van der Waals surface area contributed by atoms with Crippen LogP contribution >= 0.6 is 8.46 Å². The number of carboxylic acids is 1. The Balaban J connectivity index is 4.85. The molecule has 0 saturated heterocycles. The highest BCUT2D eigenvalue weighted by molar-refractivity contribution is 7.25. The fraction of sp³-hybridized carbons (Fsp3) is 0.556. The molecular formula is C9H16NO5P. The van der Waals surface area contributed by atoms with Crippen molar-refractivity contribution in [1.29, 1.82) is 0 Å². The quantitative estimate of drug-likeness (QED) is 0.412. The Bertz CT molecular complexity index is 306. The standard InChI is InChI=1S/C9H16NO5P/c1-2-5-9(14,16-15)6(8(12)13)3-4-7(10)11/h2,6,14H,1,3-5,16H2,(H2,10,11)(H,12,13). The molecule has 0 rings (SSSR count). The second kappa shape index (κ2) is 6.45. The summed E-state index contributed by atoms with van der Waals surface area (Å²) in [6.07, 6.45) is 0.896. The van der Waals surface area contributed by atoms with Crippen molar-refractivity contribution in [3.63, 3.8) is 0 Å². The topological polar surface area (TPSA) is 118 Å². The van der Waals surface area contributed by atoms with Crippen LogP contribution in [0, 0.1) is 5.92 Å². The van der Waals surface area contributed by atoms with Gasteiger partial charge in [-0.15, -0.1) is 6.58 Å². The SMILES string of the molecule is C=CCC(O)([PH2]=O)C(CCC(N)=O)C(=O)O. The van der Waals surface area contributed by atoms with Crippen LogP contribution in [0.3, 0.4) is 0 Å². The molecule has 0 aliphatic carbocycles. The number of aliphatic hydroxyl groups is 1. The number of rotatable bonds is 8. The predicted octanol–water partition coefficient (Wildman–Crippen LogP) is -0.0263. The molecule has 92 valence electrons. The number of carboxylic acid groups (broad SMARTS) is 1. The third kappa shape index (κ3) is 4.16. The molecule has 0 radical (unpaired) electrons. The molecule has 0 aromatic carbocycles. The van der Waals surface area contributed by atoms with Crippen molar-refractivity contribution in [1.82, 2.24) is 0 Å². The van der Waals surface area contributed by atoms with Crippen LogP contribution in [0.5, 0.6) is 0 Å². The minimum absolute atomic E-state index is 0.0957. The first kappa shape index (κ1) is 14.9. The molecule has 0 aromatic heterocycles. The average Bonchev–Trinajstić information content (AvgIpc) is 2.17. The van der Waals surface area contributed by atoms with E-state index in [1.165, 1.54) is 6.08 Å². The smallest absolute Gasteiger partial charge is 0.309 e. The number of aliphatic carboxylic acids is 1. The van der Waals surface area contributed by atoms with Gasteiger partial charge in [0.15, 0.2) is 0 Å². The maximum absolute atomic E-state index is 10.9. The molecule has 16 heavy (non-hydrogen) atoms. The van der Waals surface area contributed by atoms with Gasteiger partial charge in [0.2, 0.25) is 5.91 Å². The summed E-state index contributed by atoms with van der Waals surface area (Å²) in [4.78, 5) is 21.5. The Morgan fingerprint density at radius 3 is 2.44 bits per heavy atom. The van der Waals surface area contributed by atoms with Crippen LogP contribution < -0.4 is 5.73 Å². The number of nitrogens with two attached hydrogens (primary N) is 1. The molecule has 0 aliphatic rings. The molecule has 4 N–H and O–H groups in total. The van der Waals surface area contributed by atoms with E-state index >= 15 is 0 Å². The maximum Gasteiger partial charge on any atom is 0.309 e. The van der Waals surface area contributed by atoms with Crippen LogP contribution in [0.15, 0.2) is 12.7 Å². The van der Waals surface area contributed by atoms with Crippen LogP contribution in [-0.2, 0) is 14.2 Å². The van der Waals surface area contributed by atoms with E-state index in [1.54, 1.807) is 0 Å². The van der Waals surface area contributed by atoms with Gasteiger partial charge in [0, 0.05) is 12.8 Å². The van der Waals surface area contributed by atoms with Gasteiger partial charge in [-0.25, -0.2) is 0 Å². The summed E-state index contributed by atoms with van der Waals surface area (Å²) in [5.74, 6) is -3.23. The van der Waals surface area contributed by atoms with Gasteiger partial charge in [-0.1, -0.05) is 6.08 Å². The van der Waals surface area contributed by atoms with E-state index in [9.17, 15) is 19.3 Å². The minimum atomic E-state index is -1.83. The van der Waals surface area contributed by atoms with Gasteiger partial charge in [0.25, 0.3) is 0 Å². The number of amides is 1. The van der Waals surface area contributed by atoms with Gasteiger partial charge in [0.1, 0.15) is 5.34 Å². The Morgan fingerprint density at radius 1 is 1.56 bits per heavy atom. The van der Waals surface area contributed by atoms with Gasteiger partial charge in [0.05, 0.1) is 14.4 Å². The second-order valence-corrected chi connectivity index (χ2v) is 4.73. The fourth-order valence-corrected chi connectivity index (χ4v) is 2.11. The van der Waals surface area contributed by atoms with Crippen LogP contribution in [-0.4, -0.2) is 27.4 Å². The molecule has 3 atom stereocenters. The number of hydrogen-bond donors (Lipinski definition) is 3. The summed E-state index contributed by atoms with van der Waals surface area (Å²) >= 11 is 0. The van der Waals surface area contributed by atoms with Crippen LogP contribution in [0.2, 0.25) is 0 Å². The summed E-state index contributed by atoms with van der Waals surface area (Å²) in [7, 11) is -1.71. The van der Waals surface area contributed by atoms with Gasteiger partial charge >= 0.3 is 5.97 Å². The van der Waals surface area contributed by atoms with Crippen molar-refractivity contribution in [2.45, 2.75) is 24.6 Å². The van der Waals surface area contributed by atoms with Crippen molar-refractivity contribution >= 4 is 20.3 Å². The van der Waals surface area contributed by atoms with Crippen LogP contribution in [0.4, 0.5) is 0 Å². The van der Waals surface area contributed by atoms with E-state index in [1.807, 2.05) is 0 Å². The zero-order chi connectivity index (χ0) is 12.8. The van der Waals surface area contributed by atoms with E-state index in [2.05, 4.69) is 6.58 Å². The van der Waals surface area contributed by atoms with Crippen molar-refractivity contribution in [2.24, 2.45) is 11.7 Å². The van der Waals surface area contributed by atoms with E-state index in [0.717, 1.165) is 0 Å². The molecule has 0 aliphatic heterocycles. The number of carbonyl (C=O) groups is 2. The molecule has 0 heterocycles. The second-order valence-electron chi connectivity index (χ2n) is 3.50. The van der Waals surface area contributed by atoms with Gasteiger partial charge < -0.3 is 20.5 Å². The molecule has 1 amide bonds. The number of hydrogen-bond acceptors (Lipinski definition) is 4. The third-order valence-corrected chi connectivity index (χ3v) is 3.30. The van der Waals surface area contributed by atoms with Gasteiger partial charge in [-0.2, -0.15) is 0 Å². The Kier molecular flexibility index (Phi) is 6.00. The van der Waals surface area contributed by atoms with Crippen molar-refractivity contribution in [3.05, 3.63) is 12.7 Å². The fourth-order valence-electron chi connectivity index (χ4n) is 1.38. The monoisotopic (exact) mass is 249 g/mol. The van der Waals surface area contributed by atoms with Gasteiger partial charge in [-0.3, -0.25) is 9.59 Å². The first-order valence-corrected chi connectivity index (χ1v) is 5.73. The van der Waals surface area contributed by atoms with Crippen molar-refractivity contribution < 1.29 is 24.4 Å². The molecule has 0 bridgehead atoms. The summed E-state index contributed by atoms with van der Waals surface area (Å²) < 4.78 is 10.9. The molecule has 0 spiro atoms. The summed E-state index contributed by atoms with van der Waals surface area (Å²) in [6.45, 7) is 3.36. The van der Waals surface area contributed by atoms with Crippen molar-refractivity contribution in [2.75, 3.05) is 0 Å². The largest absolute Gasteiger partial charge is 0.481 e. The van der Waals surface area contributed by atoms with E-state index < -0.39 is 31.6 Å². The van der Waals surface area contributed by atoms with Crippen molar-refractivity contribution in [3.8, 4) is 0 Å². The minimum Gasteiger partial charge on any atom is -0.481 e. The first-order valence-electron chi connectivity index (χ1n) is 4.68. The Hall–Kier alpha value is -1.13. The highest BCUT2D eigenvalue weighted by atomic mass is 31.1. The molecule has 6 nitrogen and oxygen atoms in total. The number of primary amides is 1. The number of carbonyl (C=O) groups excluding carboxylic acids is 1. The maximum atomic E-state index is 10.9. The highest BCUT2D eigenvalue weighted by Crippen LogP contribution is 2.35. The summed E-state index contributed by atoms with van der Waals surface area (Å²) in [5, 5.41) is 17.0. The predicted molar refractivity (Wildman–Crippen MR) is 59.7 cm³/mol. The summed E-state index contributed by atoms with van der Waals surface area (Å²) in [5.41, 5.74) is 4.89. The Morgan fingerprint density at radius 2 is 2.12 bits per heavy atom. The lowest BCUT2D eigenvalue weighted by Crippen LogP contribution is -2.37. The van der Waals surface area contributed by atoms with Crippen LogP contribution in [0.25, 0.3) is 0 Å².